The summed E-state index contributed by atoms with van der Waals surface area (Å²) in [4.78, 5) is 39.6. The molecule has 6 heteroatoms. The number of carbonyl (C=O) groups excluding carboxylic acids is 3. The molecule has 2 aromatic carbocycles. The molecule has 1 saturated heterocycles. The maximum atomic E-state index is 13.0. The van der Waals surface area contributed by atoms with E-state index >= 15 is 0 Å². The van der Waals surface area contributed by atoms with Crippen molar-refractivity contribution in [3.05, 3.63) is 64.7 Å². The molecule has 1 N–H and O–H groups in total. The Morgan fingerprint density at radius 2 is 1.63 bits per heavy atom. The van der Waals surface area contributed by atoms with Crippen molar-refractivity contribution in [3.8, 4) is 0 Å². The maximum Gasteiger partial charge on any atom is 0.255 e. The highest BCUT2D eigenvalue weighted by atomic mass is 32.2. The molecular weight excluding hydrogens is 456 g/mol. The second-order valence-corrected chi connectivity index (χ2v) is 11.3. The Hall–Kier alpha value is -2.60. The number of hydrogen-bond acceptors (Lipinski definition) is 4. The largest absolute Gasteiger partial charge is 0.322 e. The third kappa shape index (κ3) is 5.64. The zero-order valence-corrected chi connectivity index (χ0v) is 21.1. The molecule has 2 fully saturated rings. The van der Waals surface area contributed by atoms with E-state index in [9.17, 15) is 14.4 Å². The van der Waals surface area contributed by atoms with Crippen molar-refractivity contribution in [1.29, 1.82) is 0 Å². The zero-order valence-electron chi connectivity index (χ0n) is 20.3. The highest BCUT2D eigenvalue weighted by molar-refractivity contribution is 7.99. The van der Waals surface area contributed by atoms with E-state index in [1.54, 1.807) is 16.7 Å². The Morgan fingerprint density at radius 3 is 2.37 bits per heavy atom. The zero-order chi connectivity index (χ0) is 24.2. The molecule has 2 heterocycles. The summed E-state index contributed by atoms with van der Waals surface area (Å²) in [6, 6.07) is 14.4. The van der Waals surface area contributed by atoms with Gasteiger partial charge in [-0.15, -0.1) is 11.8 Å². The molecule has 0 aromatic heterocycles. The van der Waals surface area contributed by atoms with Crippen LogP contribution in [-0.4, -0.2) is 34.4 Å². The number of fused-ring (bicyclic) bond motifs is 1. The summed E-state index contributed by atoms with van der Waals surface area (Å²) in [5.74, 6) is 1.12. The maximum absolute atomic E-state index is 13.0. The summed E-state index contributed by atoms with van der Waals surface area (Å²) >= 11 is 1.77. The van der Waals surface area contributed by atoms with Crippen LogP contribution in [-0.2, 0) is 29.0 Å². The Balaban J connectivity index is 1.14. The van der Waals surface area contributed by atoms with Gasteiger partial charge in [-0.2, -0.15) is 0 Å². The lowest BCUT2D eigenvalue weighted by molar-refractivity contribution is -0.136. The first-order valence-electron chi connectivity index (χ1n) is 13.1. The minimum atomic E-state index is -0.568. The van der Waals surface area contributed by atoms with Gasteiger partial charge in [-0.3, -0.25) is 19.7 Å². The van der Waals surface area contributed by atoms with E-state index in [1.807, 2.05) is 12.1 Å². The van der Waals surface area contributed by atoms with Crippen LogP contribution in [0.1, 0.15) is 78.4 Å². The molecule has 35 heavy (non-hydrogen) atoms. The van der Waals surface area contributed by atoms with Gasteiger partial charge >= 0.3 is 0 Å². The summed E-state index contributed by atoms with van der Waals surface area (Å²) in [6.07, 6.45) is 11.2. The van der Waals surface area contributed by atoms with Crippen LogP contribution in [0.5, 0.6) is 0 Å². The Bertz CT molecular complexity index is 1090. The van der Waals surface area contributed by atoms with Crippen LogP contribution >= 0.6 is 11.8 Å². The summed E-state index contributed by atoms with van der Waals surface area (Å²) in [6.45, 7) is 0.430. The fraction of sp³-hybridized carbons (Fsp3) is 0.483. The van der Waals surface area contributed by atoms with Gasteiger partial charge in [0.15, 0.2) is 0 Å². The number of piperidine rings is 1. The number of amides is 3. The number of imide groups is 1. The van der Waals surface area contributed by atoms with Gasteiger partial charge in [-0.25, -0.2) is 0 Å². The van der Waals surface area contributed by atoms with Crippen LogP contribution in [0.25, 0.3) is 0 Å². The van der Waals surface area contributed by atoms with Crippen molar-refractivity contribution in [2.24, 2.45) is 5.92 Å². The van der Waals surface area contributed by atoms with E-state index in [0.717, 1.165) is 28.6 Å². The average molecular weight is 491 g/mol. The number of nitrogens with zero attached hydrogens (tertiary/aromatic N) is 1. The van der Waals surface area contributed by atoms with E-state index in [0.29, 0.717) is 18.5 Å². The number of carbonyl (C=O) groups is 3. The lowest BCUT2D eigenvalue weighted by Gasteiger charge is -2.29. The van der Waals surface area contributed by atoms with E-state index in [4.69, 9.17) is 0 Å². The van der Waals surface area contributed by atoms with Crippen LogP contribution in [0.4, 0.5) is 0 Å². The molecule has 3 amide bonds. The van der Waals surface area contributed by atoms with Crippen LogP contribution in [0, 0.1) is 5.92 Å². The number of aryl methyl sites for hydroxylation is 2. The van der Waals surface area contributed by atoms with Gasteiger partial charge in [-0.05, 0) is 60.4 Å². The first kappa shape index (κ1) is 24.1. The number of rotatable bonds is 8. The predicted octanol–water partition coefficient (Wildman–Crippen LogP) is 5.30. The molecule has 0 bridgehead atoms. The van der Waals surface area contributed by atoms with Gasteiger partial charge in [0.2, 0.25) is 11.8 Å². The van der Waals surface area contributed by atoms with Crippen molar-refractivity contribution in [3.63, 3.8) is 0 Å². The Morgan fingerprint density at radius 1 is 0.886 bits per heavy atom. The monoisotopic (exact) mass is 490 g/mol. The van der Waals surface area contributed by atoms with Crippen LogP contribution in [0.15, 0.2) is 47.4 Å². The number of benzene rings is 2. The van der Waals surface area contributed by atoms with Crippen LogP contribution in [0.2, 0.25) is 0 Å². The molecule has 1 aliphatic carbocycles. The van der Waals surface area contributed by atoms with Gasteiger partial charge < -0.3 is 4.90 Å². The number of nitrogens with one attached hydrogen (secondary N) is 1. The summed E-state index contributed by atoms with van der Waals surface area (Å²) in [5, 5.41) is 2.37. The first-order chi connectivity index (χ1) is 17.1. The minimum absolute atomic E-state index is 0.110. The van der Waals surface area contributed by atoms with E-state index in [2.05, 4.69) is 35.6 Å². The fourth-order valence-corrected chi connectivity index (χ4v) is 6.77. The van der Waals surface area contributed by atoms with Gasteiger partial charge in [-0.1, -0.05) is 62.4 Å². The average Bonchev–Trinajstić information content (AvgIpc) is 3.21. The molecule has 5 rings (SSSR count). The highest BCUT2D eigenvalue weighted by Gasteiger charge is 2.39. The van der Waals surface area contributed by atoms with Crippen molar-refractivity contribution in [2.75, 3.05) is 5.75 Å². The first-order valence-corrected chi connectivity index (χ1v) is 14.0. The topological polar surface area (TPSA) is 66.5 Å². The standard InChI is InChI=1S/C29H34N2O3S/c32-27-16-15-25(28(33)30-27)31-19-24-23(29(31)34)7-4-8-26(24)35-18-17-22-13-11-21(12-14-22)10-9-20-5-2-1-3-6-20/h4,7-8,11-14,20,25H,1-3,5-6,9-10,15-19H2,(H,30,32,33). The van der Waals surface area contributed by atoms with Crippen molar-refractivity contribution in [2.45, 2.75) is 81.7 Å². The van der Waals surface area contributed by atoms with E-state index in [-0.39, 0.29) is 24.1 Å². The fourth-order valence-electron chi connectivity index (χ4n) is 5.69. The third-order valence-corrected chi connectivity index (χ3v) is 8.88. The highest BCUT2D eigenvalue weighted by Crippen LogP contribution is 2.34. The third-order valence-electron chi connectivity index (χ3n) is 7.78. The molecule has 2 aromatic rings. The smallest absolute Gasteiger partial charge is 0.255 e. The molecule has 5 nitrogen and oxygen atoms in total. The van der Waals surface area contributed by atoms with Crippen LogP contribution < -0.4 is 5.32 Å². The SMILES string of the molecule is O=C1CCC(N2Cc3c(SCCc4ccc(CCC5CCCCC5)cc4)cccc3C2=O)C(=O)N1. The second-order valence-electron chi connectivity index (χ2n) is 10.1. The number of thioether (sulfide) groups is 1. The molecule has 1 atom stereocenters. The van der Waals surface area contributed by atoms with Crippen molar-refractivity contribution in [1.82, 2.24) is 10.2 Å². The van der Waals surface area contributed by atoms with E-state index in [1.165, 1.54) is 56.1 Å². The van der Waals surface area contributed by atoms with Gasteiger partial charge in [0.05, 0.1) is 0 Å². The molecule has 0 spiro atoms. The van der Waals surface area contributed by atoms with Crippen molar-refractivity contribution < 1.29 is 14.4 Å². The Kier molecular flexibility index (Phi) is 7.57. The second kappa shape index (κ2) is 11.0. The summed E-state index contributed by atoms with van der Waals surface area (Å²) in [7, 11) is 0. The predicted molar refractivity (Wildman–Crippen MR) is 138 cm³/mol. The van der Waals surface area contributed by atoms with Gasteiger partial charge in [0, 0.05) is 29.2 Å². The minimum Gasteiger partial charge on any atom is -0.322 e. The Labute approximate surface area is 212 Å². The molecule has 3 aliphatic rings. The van der Waals surface area contributed by atoms with Gasteiger partial charge in [0.25, 0.3) is 5.91 Å². The van der Waals surface area contributed by atoms with Crippen molar-refractivity contribution >= 4 is 29.5 Å². The van der Waals surface area contributed by atoms with Crippen LogP contribution in [0.3, 0.4) is 0 Å². The van der Waals surface area contributed by atoms with Gasteiger partial charge in [0.1, 0.15) is 6.04 Å². The molecule has 0 radical (unpaired) electrons. The molecule has 1 unspecified atom stereocenters. The molecule has 1 saturated carbocycles. The lowest BCUT2D eigenvalue weighted by atomic mass is 9.85. The molecular formula is C29H34N2O3S. The summed E-state index contributed by atoms with van der Waals surface area (Å²) < 4.78 is 0. The molecule has 2 aliphatic heterocycles. The number of hydrogen-bond donors (Lipinski definition) is 1. The quantitative estimate of drug-likeness (QED) is 0.403. The summed E-state index contributed by atoms with van der Waals surface area (Å²) in [5.41, 5.74) is 4.47. The lowest BCUT2D eigenvalue weighted by Crippen LogP contribution is -2.52. The normalized spacial score (nSPS) is 20.7. The molecule has 184 valence electrons. The van der Waals surface area contributed by atoms with E-state index < -0.39 is 6.04 Å².